The second-order valence-corrected chi connectivity index (χ2v) is 8.77. The van der Waals surface area contributed by atoms with Crippen LogP contribution in [0.15, 0.2) is 53.5 Å². The van der Waals surface area contributed by atoms with Gasteiger partial charge in [0.05, 0.1) is 24.7 Å². The Hall–Kier alpha value is -4.41. The minimum Gasteiger partial charge on any atom is -0.453 e. The van der Waals surface area contributed by atoms with Gasteiger partial charge in [0.25, 0.3) is 5.56 Å². The standard InChI is InChI=1S/C24H27N5O3.C2H5NO2/c25-20(30)9-2-1-3-10-22(31)27-19-8-5-13-29(24(19)32)15-21-26-18-7-4-6-17(23(18)28-21)14-16-11-12-16;1-5-2(3)4/h2,4-9,13,16H,1,3,10-12,14-15H2,(H2,25,30)(H,26,28)(H,27,31);1H3,(H2,3,4)/b9-2+;. The molecule has 0 radical (unpaired) electrons. The summed E-state index contributed by atoms with van der Waals surface area (Å²) in [4.78, 5) is 53.1. The number of aromatic nitrogens is 3. The Morgan fingerprint density at radius 2 is 1.97 bits per heavy atom. The first kappa shape index (κ1) is 27.2. The molecule has 2 heterocycles. The van der Waals surface area contributed by atoms with Gasteiger partial charge in [0.15, 0.2) is 0 Å². The van der Waals surface area contributed by atoms with Gasteiger partial charge in [-0.05, 0) is 67.9 Å². The van der Waals surface area contributed by atoms with E-state index in [4.69, 9.17) is 10.7 Å². The number of anilines is 1. The third-order valence-electron chi connectivity index (χ3n) is 5.72. The number of carbonyl (C=O) groups excluding carboxylic acids is 3. The number of primary amides is 2. The summed E-state index contributed by atoms with van der Waals surface area (Å²) in [6, 6.07) is 9.48. The molecule has 37 heavy (non-hydrogen) atoms. The third-order valence-corrected chi connectivity index (χ3v) is 5.72. The maximum atomic E-state index is 12.8. The molecule has 4 rings (SSSR count). The van der Waals surface area contributed by atoms with Gasteiger partial charge in [-0.15, -0.1) is 0 Å². The Balaban J connectivity index is 0.000000695. The molecule has 3 amide bonds. The highest BCUT2D eigenvalue weighted by Gasteiger charge is 2.23. The topological polar surface area (TPSA) is 175 Å². The molecule has 11 heteroatoms. The van der Waals surface area contributed by atoms with E-state index >= 15 is 0 Å². The van der Waals surface area contributed by atoms with Gasteiger partial charge < -0.3 is 31.1 Å². The SMILES string of the molecule is COC(N)=O.NC(=O)/C=C/CCCC(=O)Nc1cccn(Cc2nc3c(CC4CC4)cccc3[nH]2)c1=O. The van der Waals surface area contributed by atoms with Crippen molar-refractivity contribution in [1.29, 1.82) is 0 Å². The van der Waals surface area contributed by atoms with Crippen LogP contribution in [0.25, 0.3) is 11.0 Å². The van der Waals surface area contributed by atoms with Crippen molar-refractivity contribution in [1.82, 2.24) is 14.5 Å². The molecule has 0 bridgehead atoms. The molecule has 11 nitrogen and oxygen atoms in total. The van der Waals surface area contributed by atoms with Crippen LogP contribution in [0, 0.1) is 5.92 Å². The van der Waals surface area contributed by atoms with E-state index < -0.39 is 12.0 Å². The van der Waals surface area contributed by atoms with Crippen molar-refractivity contribution in [2.45, 2.75) is 45.1 Å². The summed E-state index contributed by atoms with van der Waals surface area (Å²) in [5.41, 5.74) is 12.6. The number of fused-ring (bicyclic) bond motifs is 1. The van der Waals surface area contributed by atoms with Crippen molar-refractivity contribution < 1.29 is 19.1 Å². The Morgan fingerprint density at radius 1 is 1.22 bits per heavy atom. The summed E-state index contributed by atoms with van der Waals surface area (Å²) in [6.07, 6.45) is 8.82. The number of nitrogens with zero attached hydrogens (tertiary/aromatic N) is 2. The molecular weight excluding hydrogens is 476 g/mol. The number of rotatable bonds is 10. The highest BCUT2D eigenvalue weighted by Crippen LogP contribution is 2.34. The van der Waals surface area contributed by atoms with Crippen LogP contribution in [-0.2, 0) is 27.3 Å². The zero-order chi connectivity index (χ0) is 26.8. The predicted molar refractivity (Wildman–Crippen MR) is 140 cm³/mol. The summed E-state index contributed by atoms with van der Waals surface area (Å²) in [7, 11) is 1.22. The van der Waals surface area contributed by atoms with Crippen LogP contribution in [0.5, 0.6) is 0 Å². The van der Waals surface area contributed by atoms with E-state index in [1.807, 2.05) is 12.1 Å². The van der Waals surface area contributed by atoms with Gasteiger partial charge in [0, 0.05) is 12.6 Å². The third kappa shape index (κ3) is 8.64. The fourth-order valence-electron chi connectivity index (χ4n) is 3.73. The van der Waals surface area contributed by atoms with Gasteiger partial charge in [0.2, 0.25) is 11.8 Å². The minimum atomic E-state index is -0.745. The molecule has 0 aliphatic heterocycles. The number of aromatic amines is 1. The molecule has 196 valence electrons. The summed E-state index contributed by atoms with van der Waals surface area (Å²) < 4.78 is 5.42. The average Bonchev–Trinajstić information content (AvgIpc) is 3.58. The quantitative estimate of drug-likeness (QED) is 0.242. The number of nitrogens with two attached hydrogens (primary N) is 2. The first-order valence-electron chi connectivity index (χ1n) is 12.0. The van der Waals surface area contributed by atoms with E-state index in [-0.39, 0.29) is 30.1 Å². The number of pyridine rings is 1. The van der Waals surface area contributed by atoms with Gasteiger partial charge in [-0.2, -0.15) is 0 Å². The van der Waals surface area contributed by atoms with Crippen molar-refractivity contribution >= 4 is 34.6 Å². The normalized spacial score (nSPS) is 12.7. The van der Waals surface area contributed by atoms with Crippen LogP contribution >= 0.6 is 0 Å². The monoisotopic (exact) mass is 508 g/mol. The molecule has 0 saturated heterocycles. The molecule has 2 aromatic heterocycles. The number of imidazole rings is 1. The summed E-state index contributed by atoms with van der Waals surface area (Å²) >= 11 is 0. The lowest BCUT2D eigenvalue weighted by Gasteiger charge is -2.08. The van der Waals surface area contributed by atoms with Crippen LogP contribution in [0.1, 0.15) is 43.5 Å². The molecule has 1 aliphatic carbocycles. The predicted octanol–water partition coefficient (Wildman–Crippen LogP) is 2.59. The molecule has 3 aromatic rings. The van der Waals surface area contributed by atoms with Crippen LogP contribution in [-0.4, -0.2) is 39.6 Å². The molecule has 1 fully saturated rings. The van der Waals surface area contributed by atoms with Crippen molar-refractivity contribution in [3.05, 3.63) is 70.4 Å². The van der Waals surface area contributed by atoms with Gasteiger partial charge >= 0.3 is 6.09 Å². The highest BCUT2D eigenvalue weighted by atomic mass is 16.5. The number of hydrogen-bond acceptors (Lipinski definition) is 6. The zero-order valence-corrected chi connectivity index (χ0v) is 20.7. The Kier molecular flexibility index (Phi) is 9.59. The lowest BCUT2D eigenvalue weighted by atomic mass is 10.1. The van der Waals surface area contributed by atoms with E-state index in [9.17, 15) is 19.2 Å². The van der Waals surface area contributed by atoms with E-state index in [2.05, 4.69) is 26.8 Å². The second-order valence-electron chi connectivity index (χ2n) is 8.77. The van der Waals surface area contributed by atoms with E-state index in [0.717, 1.165) is 23.4 Å². The van der Waals surface area contributed by atoms with Crippen LogP contribution in [0.2, 0.25) is 0 Å². The Bertz CT molecular complexity index is 1340. The Labute approximate surface area is 213 Å². The fraction of sp³-hybridized carbons (Fsp3) is 0.346. The Morgan fingerprint density at radius 3 is 2.65 bits per heavy atom. The number of unbranched alkanes of at least 4 members (excludes halogenated alkanes) is 1. The number of allylic oxidation sites excluding steroid dienone is 1. The zero-order valence-electron chi connectivity index (χ0n) is 20.7. The minimum absolute atomic E-state index is 0.232. The number of ether oxygens (including phenoxy) is 1. The van der Waals surface area contributed by atoms with Crippen molar-refractivity contribution in [3.8, 4) is 0 Å². The number of amides is 3. The molecule has 1 aliphatic rings. The molecule has 1 aromatic carbocycles. The lowest BCUT2D eigenvalue weighted by Crippen LogP contribution is -2.26. The lowest BCUT2D eigenvalue weighted by molar-refractivity contribution is -0.116. The fourth-order valence-corrected chi connectivity index (χ4v) is 3.73. The average molecular weight is 509 g/mol. The molecule has 1 saturated carbocycles. The largest absolute Gasteiger partial charge is 0.453 e. The van der Waals surface area contributed by atoms with Crippen molar-refractivity contribution in [2.75, 3.05) is 12.4 Å². The highest BCUT2D eigenvalue weighted by molar-refractivity contribution is 5.90. The number of nitrogens with one attached hydrogen (secondary N) is 2. The summed E-state index contributed by atoms with van der Waals surface area (Å²) in [6.45, 7) is 0.290. The number of H-pyrrole nitrogens is 1. The van der Waals surface area contributed by atoms with E-state index in [1.54, 1.807) is 24.4 Å². The molecule has 0 unspecified atom stereocenters. The molecule has 0 atom stereocenters. The maximum absolute atomic E-state index is 12.8. The maximum Gasteiger partial charge on any atom is 0.404 e. The number of methoxy groups -OCH3 is 1. The first-order chi connectivity index (χ1) is 17.8. The summed E-state index contributed by atoms with van der Waals surface area (Å²) in [5.74, 6) is 0.710. The van der Waals surface area contributed by atoms with Crippen molar-refractivity contribution in [2.24, 2.45) is 17.4 Å². The summed E-state index contributed by atoms with van der Waals surface area (Å²) in [5, 5.41) is 2.68. The number of para-hydroxylation sites is 1. The van der Waals surface area contributed by atoms with E-state index in [0.29, 0.717) is 18.7 Å². The van der Waals surface area contributed by atoms with Gasteiger partial charge in [-0.1, -0.05) is 18.2 Å². The van der Waals surface area contributed by atoms with Crippen LogP contribution < -0.4 is 22.3 Å². The smallest absolute Gasteiger partial charge is 0.404 e. The molecule has 0 spiro atoms. The number of benzene rings is 1. The first-order valence-corrected chi connectivity index (χ1v) is 12.0. The van der Waals surface area contributed by atoms with Crippen molar-refractivity contribution in [3.63, 3.8) is 0 Å². The number of carbonyl (C=O) groups is 3. The van der Waals surface area contributed by atoms with Gasteiger partial charge in [0.1, 0.15) is 11.5 Å². The van der Waals surface area contributed by atoms with E-state index in [1.165, 1.54) is 36.2 Å². The second kappa shape index (κ2) is 13.1. The van der Waals surface area contributed by atoms with Crippen LogP contribution in [0.4, 0.5) is 10.5 Å². The number of hydrogen-bond donors (Lipinski definition) is 4. The van der Waals surface area contributed by atoms with Gasteiger partial charge in [-0.25, -0.2) is 9.78 Å². The van der Waals surface area contributed by atoms with Crippen LogP contribution in [0.3, 0.4) is 0 Å². The molecular formula is C26H32N6O5. The van der Waals surface area contributed by atoms with Gasteiger partial charge in [-0.3, -0.25) is 14.4 Å². The molecule has 6 N–H and O–H groups in total.